The van der Waals surface area contributed by atoms with Gasteiger partial charge in [-0.05, 0) is 23.8 Å². The number of nitrogens with zero attached hydrogens (tertiary/aromatic N) is 4. The number of alkyl halides is 3. The molecule has 0 unspecified atom stereocenters. The largest absolute Gasteiger partial charge is 0.416 e. The minimum absolute atomic E-state index is 0.165. The molecule has 1 amide bonds. The van der Waals surface area contributed by atoms with E-state index < -0.39 is 17.6 Å². The molecule has 3 heterocycles. The van der Waals surface area contributed by atoms with Crippen molar-refractivity contribution >= 4 is 45.3 Å². The van der Waals surface area contributed by atoms with Crippen LogP contribution in [0.3, 0.4) is 0 Å². The number of thiazole rings is 2. The zero-order valence-corrected chi connectivity index (χ0v) is 18.2. The molecule has 0 fully saturated rings. The Balaban J connectivity index is 1.45. The van der Waals surface area contributed by atoms with E-state index in [1.165, 1.54) is 23.6 Å². The second-order valence-corrected chi connectivity index (χ2v) is 8.89. The van der Waals surface area contributed by atoms with Crippen molar-refractivity contribution in [3.05, 3.63) is 68.9 Å². The van der Waals surface area contributed by atoms with Gasteiger partial charge in [0.1, 0.15) is 10.7 Å². The van der Waals surface area contributed by atoms with E-state index in [2.05, 4.69) is 20.4 Å². The molecule has 0 aliphatic rings. The molecule has 0 bridgehead atoms. The Morgan fingerprint density at radius 3 is 2.81 bits per heavy atom. The lowest BCUT2D eigenvalue weighted by atomic mass is 10.1. The van der Waals surface area contributed by atoms with Crippen LogP contribution in [-0.4, -0.2) is 25.7 Å². The summed E-state index contributed by atoms with van der Waals surface area (Å²) in [5.74, 6) is -0.426. The van der Waals surface area contributed by atoms with Crippen molar-refractivity contribution in [3.63, 3.8) is 0 Å². The number of nitrogens with one attached hydrogen (secondary N) is 1. The van der Waals surface area contributed by atoms with E-state index in [0.717, 1.165) is 29.0 Å². The van der Waals surface area contributed by atoms with Crippen LogP contribution in [0.2, 0.25) is 5.02 Å². The Morgan fingerprint density at radius 1 is 1.29 bits per heavy atom. The molecule has 160 valence electrons. The number of benzene rings is 1. The van der Waals surface area contributed by atoms with Gasteiger partial charge in [0.25, 0.3) is 5.91 Å². The monoisotopic (exact) mass is 483 g/mol. The van der Waals surface area contributed by atoms with Crippen LogP contribution in [0.15, 0.2) is 42.2 Å². The maximum Gasteiger partial charge on any atom is 0.416 e. The third kappa shape index (κ3) is 4.94. The SMILES string of the molecule is Cn1cc(-c2nc(C(=O)Nc3ncc(Cc4cc(C(F)(F)F)ccc4Cl)s3)cs2)cn1. The standard InChI is InChI=1S/C19H13ClF3N5OS2/c1-28-8-11(6-25-28)17-26-15(9-30-17)16(29)27-18-24-7-13(31-18)5-10-4-12(19(21,22)23)2-3-14(10)20/h2-4,6-9H,5H2,1H3,(H,24,27,29). The lowest BCUT2D eigenvalue weighted by Crippen LogP contribution is -2.11. The molecule has 4 rings (SSSR count). The summed E-state index contributed by atoms with van der Waals surface area (Å²) in [5.41, 5.74) is 0.610. The summed E-state index contributed by atoms with van der Waals surface area (Å²) in [6.45, 7) is 0. The number of amides is 1. The van der Waals surface area contributed by atoms with E-state index >= 15 is 0 Å². The molecule has 0 spiro atoms. The molecule has 6 nitrogen and oxygen atoms in total. The van der Waals surface area contributed by atoms with Crippen molar-refractivity contribution in [3.8, 4) is 10.6 Å². The molecule has 3 aromatic heterocycles. The Hall–Kier alpha value is -2.76. The minimum Gasteiger partial charge on any atom is -0.296 e. The van der Waals surface area contributed by atoms with Gasteiger partial charge in [-0.15, -0.1) is 22.7 Å². The van der Waals surface area contributed by atoms with Gasteiger partial charge in [-0.3, -0.25) is 14.8 Å². The number of aromatic nitrogens is 4. The molecule has 1 N–H and O–H groups in total. The van der Waals surface area contributed by atoms with Gasteiger partial charge < -0.3 is 0 Å². The molecule has 0 saturated carbocycles. The molecule has 0 aliphatic heterocycles. The molecule has 0 radical (unpaired) electrons. The van der Waals surface area contributed by atoms with Crippen molar-refractivity contribution in [1.29, 1.82) is 0 Å². The third-order valence-electron chi connectivity index (χ3n) is 4.20. The van der Waals surface area contributed by atoms with Crippen LogP contribution in [0, 0.1) is 0 Å². The van der Waals surface area contributed by atoms with E-state index in [0.29, 0.717) is 20.6 Å². The quantitative estimate of drug-likeness (QED) is 0.406. The average molecular weight is 484 g/mol. The minimum atomic E-state index is -4.45. The van der Waals surface area contributed by atoms with Gasteiger partial charge in [-0.2, -0.15) is 18.3 Å². The van der Waals surface area contributed by atoms with Crippen LogP contribution in [-0.2, 0) is 19.6 Å². The molecule has 4 aromatic rings. The summed E-state index contributed by atoms with van der Waals surface area (Å²) in [4.78, 5) is 21.6. The fourth-order valence-corrected chi connectivity index (χ4v) is 4.52. The maximum absolute atomic E-state index is 12.9. The van der Waals surface area contributed by atoms with Gasteiger partial charge in [0.05, 0.1) is 11.8 Å². The molecule has 12 heteroatoms. The first-order valence-electron chi connectivity index (χ1n) is 8.75. The van der Waals surface area contributed by atoms with Gasteiger partial charge >= 0.3 is 6.18 Å². The molecular formula is C19H13ClF3N5OS2. The summed E-state index contributed by atoms with van der Waals surface area (Å²) in [6.07, 6.45) is 0.671. The van der Waals surface area contributed by atoms with E-state index in [9.17, 15) is 18.0 Å². The number of hydrogen-bond donors (Lipinski definition) is 1. The van der Waals surface area contributed by atoms with Crippen LogP contribution >= 0.6 is 34.3 Å². The highest BCUT2D eigenvalue weighted by atomic mass is 35.5. The number of halogens is 4. The number of aryl methyl sites for hydroxylation is 1. The highest BCUT2D eigenvalue weighted by Crippen LogP contribution is 2.33. The smallest absolute Gasteiger partial charge is 0.296 e. The third-order valence-corrected chi connectivity index (χ3v) is 6.37. The molecule has 1 aromatic carbocycles. The Labute approximate surface area is 187 Å². The first kappa shape index (κ1) is 21.5. The van der Waals surface area contributed by atoms with Crippen LogP contribution < -0.4 is 5.32 Å². The molecule has 0 aliphatic carbocycles. The zero-order chi connectivity index (χ0) is 22.2. The Morgan fingerprint density at radius 2 is 2.10 bits per heavy atom. The number of hydrogen-bond acceptors (Lipinski definition) is 6. The Kier molecular flexibility index (Phi) is 5.82. The van der Waals surface area contributed by atoms with Crippen molar-refractivity contribution < 1.29 is 18.0 Å². The van der Waals surface area contributed by atoms with E-state index in [1.807, 2.05) is 0 Å². The summed E-state index contributed by atoms with van der Waals surface area (Å²) >= 11 is 8.53. The number of anilines is 1. The van der Waals surface area contributed by atoms with Gasteiger partial charge in [0.15, 0.2) is 5.13 Å². The van der Waals surface area contributed by atoms with Gasteiger partial charge in [-0.25, -0.2) is 9.97 Å². The number of carbonyl (C=O) groups is 1. The van der Waals surface area contributed by atoms with Crippen LogP contribution in [0.1, 0.15) is 26.5 Å². The molecule has 31 heavy (non-hydrogen) atoms. The second-order valence-electron chi connectivity index (χ2n) is 6.51. The van der Waals surface area contributed by atoms with Gasteiger partial charge in [0.2, 0.25) is 0 Å². The second kappa shape index (κ2) is 8.40. The summed E-state index contributed by atoms with van der Waals surface area (Å²) < 4.78 is 40.5. The van der Waals surface area contributed by atoms with Crippen LogP contribution in [0.25, 0.3) is 10.6 Å². The number of rotatable bonds is 5. The predicted octanol–water partition coefficient (Wildman–Crippen LogP) is 5.52. The van der Waals surface area contributed by atoms with E-state index in [1.54, 1.807) is 29.5 Å². The highest BCUT2D eigenvalue weighted by molar-refractivity contribution is 7.15. The first-order valence-corrected chi connectivity index (χ1v) is 10.8. The molecular weight excluding hydrogens is 471 g/mol. The Bertz CT molecular complexity index is 1250. The molecule has 0 atom stereocenters. The maximum atomic E-state index is 12.9. The van der Waals surface area contributed by atoms with Gasteiger partial charge in [-0.1, -0.05) is 11.6 Å². The first-order chi connectivity index (χ1) is 14.7. The summed E-state index contributed by atoms with van der Waals surface area (Å²) in [6, 6.07) is 3.19. The fourth-order valence-electron chi connectivity index (χ4n) is 2.72. The highest BCUT2D eigenvalue weighted by Gasteiger charge is 2.31. The van der Waals surface area contributed by atoms with Crippen LogP contribution in [0.5, 0.6) is 0 Å². The predicted molar refractivity (Wildman–Crippen MR) is 114 cm³/mol. The van der Waals surface area contributed by atoms with E-state index in [-0.39, 0.29) is 17.1 Å². The van der Waals surface area contributed by atoms with Crippen molar-refractivity contribution in [2.24, 2.45) is 7.05 Å². The molecule has 0 saturated heterocycles. The summed E-state index contributed by atoms with van der Waals surface area (Å²) in [7, 11) is 1.79. The lowest BCUT2D eigenvalue weighted by Gasteiger charge is -2.09. The lowest BCUT2D eigenvalue weighted by molar-refractivity contribution is -0.137. The van der Waals surface area contributed by atoms with E-state index in [4.69, 9.17) is 11.6 Å². The van der Waals surface area contributed by atoms with Crippen molar-refractivity contribution in [2.75, 3.05) is 5.32 Å². The average Bonchev–Trinajstić information content (AvgIpc) is 3.43. The van der Waals surface area contributed by atoms with Crippen molar-refractivity contribution in [2.45, 2.75) is 12.6 Å². The zero-order valence-electron chi connectivity index (χ0n) is 15.8. The van der Waals surface area contributed by atoms with Gasteiger partial charge in [0, 0.05) is 46.7 Å². The van der Waals surface area contributed by atoms with Crippen molar-refractivity contribution in [1.82, 2.24) is 19.7 Å². The number of carbonyl (C=O) groups excluding carboxylic acids is 1. The topological polar surface area (TPSA) is 72.7 Å². The summed E-state index contributed by atoms with van der Waals surface area (Å²) in [5, 5.41) is 9.59. The normalized spacial score (nSPS) is 11.6. The van der Waals surface area contributed by atoms with Crippen LogP contribution in [0.4, 0.5) is 18.3 Å². The fraction of sp³-hybridized carbons (Fsp3) is 0.158.